The molecule has 1 aliphatic rings. The molecule has 5 nitrogen and oxygen atoms in total. The number of carbonyl (C=O) groups excluding carboxylic acids is 1. The third kappa shape index (κ3) is 3.56. The van der Waals surface area contributed by atoms with E-state index in [9.17, 15) is 4.79 Å². The van der Waals surface area contributed by atoms with Gasteiger partial charge in [-0.25, -0.2) is 4.98 Å². The Morgan fingerprint density at radius 3 is 2.88 bits per heavy atom. The van der Waals surface area contributed by atoms with Crippen molar-refractivity contribution in [3.8, 4) is 0 Å². The highest BCUT2D eigenvalue weighted by molar-refractivity contribution is 5.80. The molecular weight excluding hydrogens is 216 g/mol. The monoisotopic (exact) mass is 236 g/mol. The third-order valence-corrected chi connectivity index (χ3v) is 3.36. The largest absolute Gasteiger partial charge is 0.368 e. The molecule has 1 atom stereocenters. The van der Waals surface area contributed by atoms with E-state index in [0.717, 1.165) is 18.5 Å². The molecule has 2 rings (SSSR count). The van der Waals surface area contributed by atoms with Crippen LogP contribution in [0.3, 0.4) is 0 Å². The molecule has 0 unspecified atom stereocenters. The summed E-state index contributed by atoms with van der Waals surface area (Å²) in [5.74, 6) is -0.287. The van der Waals surface area contributed by atoms with Gasteiger partial charge in [0.05, 0.1) is 12.4 Å². The molecule has 1 amide bonds. The topological polar surface area (TPSA) is 83.8 Å². The standard InChI is InChI=1S/C12H20N4O/c13-12(17)11(6-10-7-14-8-15-10)16-9-4-2-1-3-5-9/h7-9,11,16H,1-6H2,(H2,13,17)(H,14,15)/t11-/m0/s1. The maximum absolute atomic E-state index is 11.4. The maximum atomic E-state index is 11.4. The molecule has 0 aromatic carbocycles. The molecular formula is C12H20N4O. The van der Waals surface area contributed by atoms with E-state index in [1.165, 1.54) is 19.3 Å². The summed E-state index contributed by atoms with van der Waals surface area (Å²) < 4.78 is 0. The lowest BCUT2D eigenvalue weighted by molar-refractivity contribution is -0.120. The van der Waals surface area contributed by atoms with Gasteiger partial charge >= 0.3 is 0 Å². The van der Waals surface area contributed by atoms with Crippen LogP contribution in [0.15, 0.2) is 12.5 Å². The summed E-state index contributed by atoms with van der Waals surface area (Å²) in [4.78, 5) is 18.4. The van der Waals surface area contributed by atoms with E-state index in [-0.39, 0.29) is 11.9 Å². The molecule has 1 saturated carbocycles. The zero-order valence-electron chi connectivity index (χ0n) is 9.98. The Morgan fingerprint density at radius 2 is 2.29 bits per heavy atom. The maximum Gasteiger partial charge on any atom is 0.234 e. The summed E-state index contributed by atoms with van der Waals surface area (Å²) in [6.07, 6.45) is 10.0. The zero-order valence-corrected chi connectivity index (χ0v) is 9.98. The first-order valence-electron chi connectivity index (χ1n) is 6.28. The first kappa shape index (κ1) is 12.1. The van der Waals surface area contributed by atoms with Crippen molar-refractivity contribution in [3.05, 3.63) is 18.2 Å². The highest BCUT2D eigenvalue weighted by Gasteiger charge is 2.22. The number of nitrogens with two attached hydrogens (primary N) is 1. The van der Waals surface area contributed by atoms with Crippen LogP contribution in [0.1, 0.15) is 37.8 Å². The average Bonchev–Trinajstić information content (AvgIpc) is 2.82. The Morgan fingerprint density at radius 1 is 1.53 bits per heavy atom. The van der Waals surface area contributed by atoms with E-state index >= 15 is 0 Å². The first-order chi connectivity index (χ1) is 8.25. The van der Waals surface area contributed by atoms with Gasteiger partial charge in [-0.15, -0.1) is 0 Å². The Hall–Kier alpha value is -1.36. The van der Waals surface area contributed by atoms with Gasteiger partial charge in [-0.3, -0.25) is 4.79 Å². The number of nitrogens with zero attached hydrogens (tertiary/aromatic N) is 1. The highest BCUT2D eigenvalue weighted by Crippen LogP contribution is 2.18. The summed E-state index contributed by atoms with van der Waals surface area (Å²) in [7, 11) is 0. The van der Waals surface area contributed by atoms with Gasteiger partial charge in [-0.2, -0.15) is 0 Å². The minimum atomic E-state index is -0.293. The minimum Gasteiger partial charge on any atom is -0.368 e. The van der Waals surface area contributed by atoms with Gasteiger partial charge in [0, 0.05) is 24.4 Å². The number of carbonyl (C=O) groups is 1. The molecule has 1 heterocycles. The average molecular weight is 236 g/mol. The fourth-order valence-corrected chi connectivity index (χ4v) is 2.41. The molecule has 5 heteroatoms. The van der Waals surface area contributed by atoms with Crippen LogP contribution in [-0.4, -0.2) is 28.0 Å². The van der Waals surface area contributed by atoms with Gasteiger partial charge in [0.1, 0.15) is 0 Å². The molecule has 0 spiro atoms. The van der Waals surface area contributed by atoms with Crippen molar-refractivity contribution in [2.24, 2.45) is 5.73 Å². The summed E-state index contributed by atoms with van der Waals surface area (Å²) in [5, 5.41) is 3.37. The van der Waals surface area contributed by atoms with E-state index in [2.05, 4.69) is 15.3 Å². The second-order valence-corrected chi connectivity index (χ2v) is 4.74. The number of primary amides is 1. The van der Waals surface area contributed by atoms with Crippen LogP contribution < -0.4 is 11.1 Å². The second-order valence-electron chi connectivity index (χ2n) is 4.74. The summed E-state index contributed by atoms with van der Waals surface area (Å²) in [5.41, 5.74) is 6.38. The van der Waals surface area contributed by atoms with Crippen LogP contribution in [0, 0.1) is 0 Å². The van der Waals surface area contributed by atoms with E-state index in [4.69, 9.17) is 5.73 Å². The smallest absolute Gasteiger partial charge is 0.234 e. The molecule has 0 saturated heterocycles. The fraction of sp³-hybridized carbons (Fsp3) is 0.667. The number of amides is 1. The summed E-state index contributed by atoms with van der Waals surface area (Å²) >= 11 is 0. The number of nitrogens with one attached hydrogen (secondary N) is 2. The van der Waals surface area contributed by atoms with Gasteiger partial charge in [0.15, 0.2) is 0 Å². The van der Waals surface area contributed by atoms with Crippen molar-refractivity contribution in [2.75, 3.05) is 0 Å². The van der Waals surface area contributed by atoms with Gasteiger partial charge in [-0.1, -0.05) is 19.3 Å². The minimum absolute atomic E-state index is 0.287. The number of hydrogen-bond donors (Lipinski definition) is 3. The Labute approximate surface area is 101 Å². The number of rotatable bonds is 5. The second kappa shape index (κ2) is 5.82. The fourth-order valence-electron chi connectivity index (χ4n) is 2.41. The normalized spacial score (nSPS) is 19.1. The van der Waals surface area contributed by atoms with Crippen LogP contribution >= 0.6 is 0 Å². The predicted octanol–water partition coefficient (Wildman–Crippen LogP) is 0.728. The number of aromatic nitrogens is 2. The molecule has 0 bridgehead atoms. The highest BCUT2D eigenvalue weighted by atomic mass is 16.1. The van der Waals surface area contributed by atoms with Crippen LogP contribution in [0.4, 0.5) is 0 Å². The number of aromatic amines is 1. The lowest BCUT2D eigenvalue weighted by Gasteiger charge is -2.26. The molecule has 1 fully saturated rings. The lowest BCUT2D eigenvalue weighted by atomic mass is 9.94. The molecule has 0 aliphatic heterocycles. The number of H-pyrrole nitrogens is 1. The van der Waals surface area contributed by atoms with Crippen molar-refractivity contribution in [1.82, 2.24) is 15.3 Å². The van der Waals surface area contributed by atoms with Gasteiger partial charge < -0.3 is 16.0 Å². The van der Waals surface area contributed by atoms with Crippen molar-refractivity contribution < 1.29 is 4.79 Å². The Balaban J connectivity index is 1.90. The molecule has 17 heavy (non-hydrogen) atoms. The lowest BCUT2D eigenvalue weighted by Crippen LogP contribution is -2.48. The van der Waals surface area contributed by atoms with Crippen molar-refractivity contribution in [1.29, 1.82) is 0 Å². The van der Waals surface area contributed by atoms with Crippen LogP contribution in [0.25, 0.3) is 0 Å². The summed E-state index contributed by atoms with van der Waals surface area (Å²) in [6.45, 7) is 0. The van der Waals surface area contributed by atoms with Crippen molar-refractivity contribution in [2.45, 2.75) is 50.6 Å². The predicted molar refractivity (Wildman–Crippen MR) is 65.3 cm³/mol. The van der Waals surface area contributed by atoms with E-state index in [1.807, 2.05) is 0 Å². The van der Waals surface area contributed by atoms with Crippen LogP contribution in [-0.2, 0) is 11.2 Å². The van der Waals surface area contributed by atoms with E-state index < -0.39 is 0 Å². The molecule has 1 aromatic rings. The molecule has 0 radical (unpaired) electrons. The van der Waals surface area contributed by atoms with E-state index in [0.29, 0.717) is 12.5 Å². The van der Waals surface area contributed by atoms with Gasteiger partial charge in [-0.05, 0) is 12.8 Å². The summed E-state index contributed by atoms with van der Waals surface area (Å²) in [6, 6.07) is 0.141. The van der Waals surface area contributed by atoms with E-state index in [1.54, 1.807) is 12.5 Å². The zero-order chi connectivity index (χ0) is 12.1. The molecule has 1 aliphatic carbocycles. The number of imidazole rings is 1. The van der Waals surface area contributed by atoms with Crippen molar-refractivity contribution in [3.63, 3.8) is 0 Å². The quantitative estimate of drug-likeness (QED) is 0.704. The molecule has 4 N–H and O–H groups in total. The molecule has 94 valence electrons. The molecule has 1 aromatic heterocycles. The Kier molecular flexibility index (Phi) is 4.14. The van der Waals surface area contributed by atoms with Crippen molar-refractivity contribution >= 4 is 5.91 Å². The first-order valence-corrected chi connectivity index (χ1v) is 6.28. The Bertz CT molecular complexity index is 343. The van der Waals surface area contributed by atoms with Crippen LogP contribution in [0.5, 0.6) is 0 Å². The van der Waals surface area contributed by atoms with Gasteiger partial charge in [0.2, 0.25) is 5.91 Å². The van der Waals surface area contributed by atoms with Gasteiger partial charge in [0.25, 0.3) is 0 Å². The third-order valence-electron chi connectivity index (χ3n) is 3.36. The van der Waals surface area contributed by atoms with Crippen LogP contribution in [0.2, 0.25) is 0 Å². The number of hydrogen-bond acceptors (Lipinski definition) is 3. The SMILES string of the molecule is NC(=O)[C@H](Cc1cnc[nH]1)NC1CCCCC1.